The zero-order valence-electron chi connectivity index (χ0n) is 49.2. The molecule has 0 aliphatic rings. The lowest BCUT2D eigenvalue weighted by atomic mass is 10.1. The van der Waals surface area contributed by atoms with Crippen LogP contribution in [0.4, 0.5) is 0 Å². The molecule has 0 aromatic heterocycles. The lowest BCUT2D eigenvalue weighted by Gasteiger charge is -2.18. The fourth-order valence-electron chi connectivity index (χ4n) is 8.30. The van der Waals surface area contributed by atoms with Gasteiger partial charge < -0.3 is 14.2 Å². The van der Waals surface area contributed by atoms with E-state index in [2.05, 4.69) is 154 Å². The van der Waals surface area contributed by atoms with Crippen LogP contribution in [-0.4, -0.2) is 37.2 Å². The summed E-state index contributed by atoms with van der Waals surface area (Å²) in [6.07, 6.45) is 89.1. The summed E-state index contributed by atoms with van der Waals surface area (Å²) in [7, 11) is 0. The highest BCUT2D eigenvalue weighted by molar-refractivity contribution is 5.71. The second-order valence-corrected chi connectivity index (χ2v) is 20.2. The molecule has 430 valence electrons. The molecule has 0 aliphatic carbocycles. The third-order valence-corrected chi connectivity index (χ3v) is 12.9. The van der Waals surface area contributed by atoms with Crippen molar-refractivity contribution in [1.29, 1.82) is 0 Å². The maximum atomic E-state index is 12.8. The molecule has 0 saturated heterocycles. The molecule has 0 fully saturated rings. The van der Waals surface area contributed by atoms with Crippen molar-refractivity contribution in [2.45, 2.75) is 277 Å². The van der Waals surface area contributed by atoms with Crippen molar-refractivity contribution in [1.82, 2.24) is 0 Å². The van der Waals surface area contributed by atoms with Gasteiger partial charge in [0.15, 0.2) is 6.10 Å². The Morgan fingerprint density at radius 1 is 0.276 bits per heavy atom. The van der Waals surface area contributed by atoms with Crippen LogP contribution in [0.5, 0.6) is 0 Å². The third-order valence-electron chi connectivity index (χ3n) is 12.9. The summed E-state index contributed by atoms with van der Waals surface area (Å²) in [6.45, 7) is 6.34. The first-order valence-corrected chi connectivity index (χ1v) is 31.2. The molecule has 0 radical (unpaired) electrons. The van der Waals surface area contributed by atoms with Gasteiger partial charge in [0.2, 0.25) is 0 Å². The number of rotatable bonds is 55. The molecule has 76 heavy (non-hydrogen) atoms. The van der Waals surface area contributed by atoms with E-state index in [-0.39, 0.29) is 31.1 Å². The van der Waals surface area contributed by atoms with Crippen molar-refractivity contribution in [2.75, 3.05) is 13.2 Å². The van der Waals surface area contributed by atoms with Gasteiger partial charge in [0.05, 0.1) is 0 Å². The highest BCUT2D eigenvalue weighted by Gasteiger charge is 2.19. The monoisotopic (exact) mass is 1050 g/mol. The average Bonchev–Trinajstić information content (AvgIpc) is 3.42. The Morgan fingerprint density at radius 2 is 0.513 bits per heavy atom. The van der Waals surface area contributed by atoms with E-state index in [1.807, 2.05) is 0 Å². The number of ether oxygens (including phenoxy) is 3. The van der Waals surface area contributed by atoms with Gasteiger partial charge in [-0.3, -0.25) is 14.4 Å². The second-order valence-electron chi connectivity index (χ2n) is 20.2. The van der Waals surface area contributed by atoms with Crippen LogP contribution in [0.3, 0.4) is 0 Å². The standard InChI is InChI=1S/C70H114O6/c1-4-7-10-13-16-18-20-22-24-26-28-30-32-33-34-35-36-37-39-40-42-44-46-48-50-52-54-57-60-63-69(72)75-66-67(65-74-68(71)62-59-56-15-12-9-6-3)76-70(73)64-61-58-55-53-51-49-47-45-43-41-38-31-29-27-25-23-21-19-17-14-11-8-5-2/h7-8,10-11,16-19,22-25,28-31,33-34,36-37,41,43,67H,4-6,9,12-15,20-21,26-27,32,35,38-40,42,44-66H2,1-3H3/b10-7-,11-8-,18-16-,19-17-,24-22-,25-23-,30-28-,31-29-,34-33-,37-36-,43-41-. The number of hydrogen-bond acceptors (Lipinski definition) is 6. The van der Waals surface area contributed by atoms with Crippen molar-refractivity contribution in [3.05, 3.63) is 134 Å². The normalized spacial score (nSPS) is 13.0. The van der Waals surface area contributed by atoms with Gasteiger partial charge in [0, 0.05) is 19.3 Å². The minimum Gasteiger partial charge on any atom is -0.462 e. The Balaban J connectivity index is 4.16. The minimum absolute atomic E-state index is 0.0865. The fourth-order valence-corrected chi connectivity index (χ4v) is 8.30. The minimum atomic E-state index is -0.787. The van der Waals surface area contributed by atoms with Crippen LogP contribution in [0.15, 0.2) is 134 Å². The fraction of sp³-hybridized carbons (Fsp3) is 0.643. The molecular formula is C70H114O6. The Kier molecular flexibility index (Phi) is 59.4. The van der Waals surface area contributed by atoms with Crippen molar-refractivity contribution >= 4 is 17.9 Å². The average molecular weight is 1050 g/mol. The van der Waals surface area contributed by atoms with E-state index in [0.717, 1.165) is 135 Å². The SMILES string of the molecule is CC/C=C\C/C=C\C/C=C\C/C=C\C/C=C\C/C=C\CCCCCCCCCCCCC(=O)OCC(COC(=O)CCCCCCCC)OC(=O)CCCCCCCCC/C=C\C/C=C\C/C=C\C/C=C\C/C=C\CC. The van der Waals surface area contributed by atoms with E-state index in [1.54, 1.807) is 0 Å². The predicted octanol–water partition coefficient (Wildman–Crippen LogP) is 21.4. The number of allylic oxidation sites excluding steroid dienone is 22. The molecule has 6 nitrogen and oxygen atoms in total. The van der Waals surface area contributed by atoms with Gasteiger partial charge >= 0.3 is 17.9 Å². The summed E-state index contributed by atoms with van der Waals surface area (Å²) < 4.78 is 16.8. The molecule has 0 bridgehead atoms. The Morgan fingerprint density at radius 3 is 0.803 bits per heavy atom. The summed E-state index contributed by atoms with van der Waals surface area (Å²) in [6, 6.07) is 0. The lowest BCUT2D eigenvalue weighted by molar-refractivity contribution is -0.167. The van der Waals surface area contributed by atoms with E-state index < -0.39 is 6.10 Å². The van der Waals surface area contributed by atoms with Crippen molar-refractivity contribution in [3.8, 4) is 0 Å². The first kappa shape index (κ1) is 71.5. The van der Waals surface area contributed by atoms with E-state index >= 15 is 0 Å². The van der Waals surface area contributed by atoms with Crippen LogP contribution in [0.25, 0.3) is 0 Å². The van der Waals surface area contributed by atoms with E-state index in [4.69, 9.17) is 14.2 Å². The van der Waals surface area contributed by atoms with Gasteiger partial charge in [-0.15, -0.1) is 0 Å². The maximum absolute atomic E-state index is 12.8. The highest BCUT2D eigenvalue weighted by atomic mass is 16.6. The quantitative estimate of drug-likeness (QED) is 0.0261. The Labute approximate surface area is 468 Å². The van der Waals surface area contributed by atoms with Gasteiger partial charge in [0.25, 0.3) is 0 Å². The van der Waals surface area contributed by atoms with Crippen molar-refractivity contribution in [2.24, 2.45) is 0 Å². The molecular weight excluding hydrogens is 937 g/mol. The number of hydrogen-bond donors (Lipinski definition) is 0. The van der Waals surface area contributed by atoms with Gasteiger partial charge in [-0.25, -0.2) is 0 Å². The zero-order valence-corrected chi connectivity index (χ0v) is 49.2. The van der Waals surface area contributed by atoms with Crippen LogP contribution in [0, 0.1) is 0 Å². The zero-order chi connectivity index (χ0) is 55.0. The van der Waals surface area contributed by atoms with Crippen molar-refractivity contribution in [3.63, 3.8) is 0 Å². The van der Waals surface area contributed by atoms with Crippen LogP contribution in [0.2, 0.25) is 0 Å². The van der Waals surface area contributed by atoms with Gasteiger partial charge in [-0.1, -0.05) is 270 Å². The Hall–Kier alpha value is -4.45. The van der Waals surface area contributed by atoms with E-state index in [9.17, 15) is 14.4 Å². The van der Waals surface area contributed by atoms with Crippen molar-refractivity contribution < 1.29 is 28.6 Å². The number of carbonyl (C=O) groups is 3. The van der Waals surface area contributed by atoms with Gasteiger partial charge in [-0.2, -0.15) is 0 Å². The first-order chi connectivity index (χ1) is 37.5. The predicted molar refractivity (Wildman–Crippen MR) is 329 cm³/mol. The molecule has 1 atom stereocenters. The number of unbranched alkanes of at least 4 members (excludes halogenated alkanes) is 22. The van der Waals surface area contributed by atoms with Gasteiger partial charge in [0.1, 0.15) is 13.2 Å². The lowest BCUT2D eigenvalue weighted by Crippen LogP contribution is -2.30. The molecule has 0 amide bonds. The molecule has 0 aromatic carbocycles. The second kappa shape index (κ2) is 63.1. The van der Waals surface area contributed by atoms with E-state index in [1.165, 1.54) is 96.3 Å². The van der Waals surface area contributed by atoms with Crippen LogP contribution in [-0.2, 0) is 28.6 Å². The summed E-state index contributed by atoms with van der Waals surface area (Å²) in [4.78, 5) is 38.0. The number of carbonyl (C=O) groups excluding carboxylic acids is 3. The molecule has 0 spiro atoms. The van der Waals surface area contributed by atoms with Crippen LogP contribution < -0.4 is 0 Å². The molecule has 0 heterocycles. The summed E-state index contributed by atoms with van der Waals surface area (Å²) in [5, 5.41) is 0. The molecule has 0 aromatic rings. The summed E-state index contributed by atoms with van der Waals surface area (Å²) in [5.41, 5.74) is 0. The van der Waals surface area contributed by atoms with Crippen LogP contribution in [0.1, 0.15) is 271 Å². The topological polar surface area (TPSA) is 78.9 Å². The summed E-state index contributed by atoms with van der Waals surface area (Å²) >= 11 is 0. The molecule has 0 aliphatic heterocycles. The molecule has 0 N–H and O–H groups in total. The molecule has 0 rings (SSSR count). The largest absolute Gasteiger partial charge is 0.462 e. The van der Waals surface area contributed by atoms with E-state index in [0.29, 0.717) is 19.3 Å². The molecule has 0 saturated carbocycles. The first-order valence-electron chi connectivity index (χ1n) is 31.2. The maximum Gasteiger partial charge on any atom is 0.306 e. The van der Waals surface area contributed by atoms with Gasteiger partial charge in [-0.05, 0) is 116 Å². The summed E-state index contributed by atoms with van der Waals surface area (Å²) in [5.74, 6) is -0.912. The smallest absolute Gasteiger partial charge is 0.306 e. The number of esters is 3. The highest BCUT2D eigenvalue weighted by Crippen LogP contribution is 2.15. The Bertz CT molecular complexity index is 1630. The third kappa shape index (κ3) is 60.4. The molecule has 6 heteroatoms. The van der Waals surface area contributed by atoms with Crippen LogP contribution >= 0.6 is 0 Å². The molecule has 1 unspecified atom stereocenters.